The first-order chi connectivity index (χ1) is 9.65. The SMILES string of the molecule is CCC1CCCCN1Cc1cc(C(=N)N)ccc1OC. The third-order valence-corrected chi connectivity index (χ3v) is 4.19. The zero-order chi connectivity index (χ0) is 14.5. The number of hydrogen-bond acceptors (Lipinski definition) is 3. The van der Waals surface area contributed by atoms with Gasteiger partial charge in [-0.2, -0.15) is 0 Å². The maximum absolute atomic E-state index is 7.58. The first-order valence-electron chi connectivity index (χ1n) is 7.41. The van der Waals surface area contributed by atoms with Crippen molar-refractivity contribution >= 4 is 5.84 Å². The third kappa shape index (κ3) is 3.31. The predicted molar refractivity (Wildman–Crippen MR) is 82.4 cm³/mol. The topological polar surface area (TPSA) is 62.3 Å². The van der Waals surface area contributed by atoms with Crippen molar-refractivity contribution in [1.29, 1.82) is 5.41 Å². The molecule has 1 aromatic rings. The molecule has 110 valence electrons. The van der Waals surface area contributed by atoms with Gasteiger partial charge in [-0.25, -0.2) is 0 Å². The minimum absolute atomic E-state index is 0.111. The fourth-order valence-electron chi connectivity index (χ4n) is 3.02. The van der Waals surface area contributed by atoms with Crippen LogP contribution in [-0.4, -0.2) is 30.4 Å². The minimum atomic E-state index is 0.111. The first kappa shape index (κ1) is 14.9. The van der Waals surface area contributed by atoms with Crippen LogP contribution >= 0.6 is 0 Å². The number of nitrogens with two attached hydrogens (primary N) is 1. The van der Waals surface area contributed by atoms with Crippen LogP contribution in [0.2, 0.25) is 0 Å². The summed E-state index contributed by atoms with van der Waals surface area (Å²) < 4.78 is 5.45. The van der Waals surface area contributed by atoms with Crippen molar-refractivity contribution in [2.24, 2.45) is 5.73 Å². The van der Waals surface area contributed by atoms with E-state index in [-0.39, 0.29) is 5.84 Å². The highest BCUT2D eigenvalue weighted by Crippen LogP contribution is 2.26. The van der Waals surface area contributed by atoms with E-state index in [9.17, 15) is 0 Å². The van der Waals surface area contributed by atoms with E-state index < -0.39 is 0 Å². The summed E-state index contributed by atoms with van der Waals surface area (Å²) in [6.45, 7) is 4.28. The summed E-state index contributed by atoms with van der Waals surface area (Å²) in [5.74, 6) is 0.995. The largest absolute Gasteiger partial charge is 0.496 e. The van der Waals surface area contributed by atoms with Gasteiger partial charge in [0.05, 0.1) is 7.11 Å². The van der Waals surface area contributed by atoms with Gasteiger partial charge in [-0.15, -0.1) is 0 Å². The van der Waals surface area contributed by atoms with E-state index in [1.807, 2.05) is 18.2 Å². The molecule has 4 nitrogen and oxygen atoms in total. The maximum atomic E-state index is 7.58. The number of likely N-dealkylation sites (tertiary alicyclic amines) is 1. The van der Waals surface area contributed by atoms with E-state index in [0.29, 0.717) is 6.04 Å². The molecule has 3 N–H and O–H groups in total. The summed E-state index contributed by atoms with van der Waals surface area (Å²) >= 11 is 0. The molecule has 1 saturated heterocycles. The lowest BCUT2D eigenvalue weighted by Crippen LogP contribution is -2.38. The van der Waals surface area contributed by atoms with Gasteiger partial charge in [0.15, 0.2) is 0 Å². The van der Waals surface area contributed by atoms with Gasteiger partial charge in [0, 0.05) is 23.7 Å². The van der Waals surface area contributed by atoms with Crippen LogP contribution in [0.5, 0.6) is 5.75 Å². The van der Waals surface area contributed by atoms with Gasteiger partial charge in [-0.1, -0.05) is 13.3 Å². The lowest BCUT2D eigenvalue weighted by atomic mass is 9.98. The van der Waals surface area contributed by atoms with E-state index >= 15 is 0 Å². The molecular weight excluding hydrogens is 250 g/mol. The lowest BCUT2D eigenvalue weighted by Gasteiger charge is -2.35. The lowest BCUT2D eigenvalue weighted by molar-refractivity contribution is 0.135. The van der Waals surface area contributed by atoms with Crippen molar-refractivity contribution in [2.45, 2.75) is 45.2 Å². The second-order valence-electron chi connectivity index (χ2n) is 5.47. The summed E-state index contributed by atoms with van der Waals surface area (Å²) in [7, 11) is 1.69. The van der Waals surface area contributed by atoms with Crippen LogP contribution in [0, 0.1) is 5.41 Å². The zero-order valence-electron chi connectivity index (χ0n) is 12.5. The number of methoxy groups -OCH3 is 1. The molecule has 0 radical (unpaired) electrons. The van der Waals surface area contributed by atoms with Gasteiger partial charge < -0.3 is 10.5 Å². The highest BCUT2D eigenvalue weighted by molar-refractivity contribution is 5.95. The van der Waals surface area contributed by atoms with Crippen molar-refractivity contribution in [1.82, 2.24) is 4.90 Å². The third-order valence-electron chi connectivity index (χ3n) is 4.19. The second-order valence-corrected chi connectivity index (χ2v) is 5.47. The molecule has 0 aromatic heterocycles. The summed E-state index contributed by atoms with van der Waals surface area (Å²) in [5, 5.41) is 7.58. The molecule has 0 saturated carbocycles. The van der Waals surface area contributed by atoms with E-state index in [4.69, 9.17) is 15.9 Å². The molecule has 0 bridgehead atoms. The number of rotatable bonds is 5. The highest BCUT2D eigenvalue weighted by Gasteiger charge is 2.22. The summed E-state index contributed by atoms with van der Waals surface area (Å²) in [6.07, 6.45) is 5.07. The number of nitrogen functional groups attached to an aromatic ring is 1. The number of amidine groups is 1. The monoisotopic (exact) mass is 275 g/mol. The Morgan fingerprint density at radius 1 is 1.45 bits per heavy atom. The summed E-state index contributed by atoms with van der Waals surface area (Å²) in [5.41, 5.74) is 7.48. The zero-order valence-corrected chi connectivity index (χ0v) is 12.5. The molecule has 1 aliphatic rings. The number of ether oxygens (including phenoxy) is 1. The van der Waals surface area contributed by atoms with Crippen molar-refractivity contribution in [2.75, 3.05) is 13.7 Å². The smallest absolute Gasteiger partial charge is 0.123 e. The van der Waals surface area contributed by atoms with E-state index in [1.54, 1.807) is 7.11 Å². The number of benzene rings is 1. The van der Waals surface area contributed by atoms with Crippen molar-refractivity contribution in [3.8, 4) is 5.75 Å². The Morgan fingerprint density at radius 2 is 2.25 bits per heavy atom. The normalized spacial score (nSPS) is 19.8. The Hall–Kier alpha value is -1.55. The van der Waals surface area contributed by atoms with Gasteiger partial charge in [-0.05, 0) is 44.0 Å². The van der Waals surface area contributed by atoms with Crippen LogP contribution in [0.25, 0.3) is 0 Å². The van der Waals surface area contributed by atoms with Crippen molar-refractivity contribution in [3.63, 3.8) is 0 Å². The number of nitrogens with zero attached hydrogens (tertiary/aromatic N) is 1. The molecular formula is C16H25N3O. The maximum Gasteiger partial charge on any atom is 0.123 e. The molecule has 1 aliphatic heterocycles. The number of piperidine rings is 1. The average molecular weight is 275 g/mol. The molecule has 0 aliphatic carbocycles. The molecule has 4 heteroatoms. The highest BCUT2D eigenvalue weighted by atomic mass is 16.5. The Balaban J connectivity index is 2.21. The van der Waals surface area contributed by atoms with Crippen LogP contribution < -0.4 is 10.5 Å². The molecule has 1 unspecified atom stereocenters. The molecule has 2 rings (SSSR count). The molecule has 1 fully saturated rings. The van der Waals surface area contributed by atoms with E-state index in [2.05, 4.69) is 11.8 Å². The Labute approximate surface area is 121 Å². The quantitative estimate of drug-likeness (QED) is 0.641. The standard InChI is InChI=1S/C16H25N3O/c1-3-14-6-4-5-9-19(14)11-13-10-12(16(17)18)7-8-15(13)20-2/h7-8,10,14H,3-6,9,11H2,1-2H3,(H3,17,18). The van der Waals surface area contributed by atoms with Crippen LogP contribution in [0.1, 0.15) is 43.7 Å². The fraction of sp³-hybridized carbons (Fsp3) is 0.562. The van der Waals surface area contributed by atoms with Gasteiger partial charge in [0.1, 0.15) is 11.6 Å². The molecule has 1 aromatic carbocycles. The van der Waals surface area contributed by atoms with Gasteiger partial charge in [0.25, 0.3) is 0 Å². The van der Waals surface area contributed by atoms with Crippen molar-refractivity contribution < 1.29 is 4.74 Å². The average Bonchev–Trinajstić information content (AvgIpc) is 2.47. The number of hydrogen-bond donors (Lipinski definition) is 2. The molecule has 0 spiro atoms. The van der Waals surface area contributed by atoms with Gasteiger partial charge >= 0.3 is 0 Å². The van der Waals surface area contributed by atoms with Gasteiger partial charge in [-0.3, -0.25) is 10.3 Å². The second kappa shape index (κ2) is 6.75. The summed E-state index contributed by atoms with van der Waals surface area (Å²) in [4.78, 5) is 2.53. The van der Waals surface area contributed by atoms with Crippen LogP contribution in [0.3, 0.4) is 0 Å². The van der Waals surface area contributed by atoms with Crippen LogP contribution in [0.4, 0.5) is 0 Å². The predicted octanol–water partition coefficient (Wildman–Crippen LogP) is 2.74. The Kier molecular flexibility index (Phi) is 5.01. The van der Waals surface area contributed by atoms with Crippen molar-refractivity contribution in [3.05, 3.63) is 29.3 Å². The fourth-order valence-corrected chi connectivity index (χ4v) is 3.02. The molecule has 1 heterocycles. The molecule has 1 atom stereocenters. The summed E-state index contributed by atoms with van der Waals surface area (Å²) in [6, 6.07) is 6.41. The Bertz CT molecular complexity index is 473. The van der Waals surface area contributed by atoms with Gasteiger partial charge in [0.2, 0.25) is 0 Å². The van der Waals surface area contributed by atoms with Crippen LogP contribution in [0.15, 0.2) is 18.2 Å². The van der Waals surface area contributed by atoms with E-state index in [1.165, 1.54) is 25.7 Å². The number of nitrogens with one attached hydrogen (secondary N) is 1. The molecule has 0 amide bonds. The minimum Gasteiger partial charge on any atom is -0.496 e. The Morgan fingerprint density at radius 3 is 2.90 bits per heavy atom. The molecule has 20 heavy (non-hydrogen) atoms. The first-order valence-corrected chi connectivity index (χ1v) is 7.41. The van der Waals surface area contributed by atoms with Crippen LogP contribution in [-0.2, 0) is 6.54 Å². The van der Waals surface area contributed by atoms with E-state index in [0.717, 1.165) is 30.0 Å².